The summed E-state index contributed by atoms with van der Waals surface area (Å²) in [4.78, 5) is 12.3. The molecule has 0 saturated heterocycles. The molecule has 5 heteroatoms. The Kier molecular flexibility index (Phi) is 4.08. The highest BCUT2D eigenvalue weighted by molar-refractivity contribution is 6.03. The summed E-state index contributed by atoms with van der Waals surface area (Å²) in [6, 6.07) is 8.57. The number of aryl methyl sites for hydroxylation is 1. The number of benzene rings is 2. The lowest BCUT2D eigenvalue weighted by Crippen LogP contribution is -2.15. The minimum Gasteiger partial charge on any atom is -0.292 e. The van der Waals surface area contributed by atoms with E-state index in [1.54, 1.807) is 6.07 Å². The van der Waals surface area contributed by atoms with Gasteiger partial charge in [0.2, 0.25) is 0 Å². The fourth-order valence-electron chi connectivity index (χ4n) is 1.98. The van der Waals surface area contributed by atoms with Crippen molar-refractivity contribution in [2.24, 2.45) is 0 Å². The van der Waals surface area contributed by atoms with Gasteiger partial charge in [0.1, 0.15) is 23.4 Å². The van der Waals surface area contributed by atoms with E-state index >= 15 is 0 Å². The monoisotopic (exact) mass is 289 g/mol. The van der Waals surface area contributed by atoms with Gasteiger partial charge in [-0.1, -0.05) is 18.2 Å². The van der Waals surface area contributed by atoms with Crippen molar-refractivity contribution < 1.29 is 18.0 Å². The lowest BCUT2D eigenvalue weighted by atomic mass is 9.90. The van der Waals surface area contributed by atoms with Crippen LogP contribution >= 0.6 is 0 Å². The Morgan fingerprint density at radius 3 is 2.38 bits per heavy atom. The molecule has 0 fully saturated rings. The number of nitrogens with zero attached hydrogens (tertiary/aromatic N) is 1. The molecule has 0 N–H and O–H groups in total. The quantitative estimate of drug-likeness (QED) is 0.804. The molecule has 2 rings (SSSR count). The van der Waals surface area contributed by atoms with Crippen LogP contribution in [0.25, 0.3) is 0 Å². The number of ketones is 1. The van der Waals surface area contributed by atoms with E-state index in [9.17, 15) is 18.0 Å². The second kappa shape index (κ2) is 5.80. The van der Waals surface area contributed by atoms with Gasteiger partial charge in [-0.25, -0.2) is 13.2 Å². The van der Waals surface area contributed by atoms with Gasteiger partial charge in [-0.15, -0.1) is 0 Å². The summed E-state index contributed by atoms with van der Waals surface area (Å²) < 4.78 is 40.6. The molecule has 0 saturated carbocycles. The van der Waals surface area contributed by atoms with E-state index in [2.05, 4.69) is 0 Å². The van der Waals surface area contributed by atoms with Crippen molar-refractivity contribution >= 4 is 5.78 Å². The van der Waals surface area contributed by atoms with Crippen LogP contribution in [0.5, 0.6) is 0 Å². The highest BCUT2D eigenvalue weighted by Crippen LogP contribution is 2.25. The van der Waals surface area contributed by atoms with Crippen molar-refractivity contribution in [2.75, 3.05) is 0 Å². The summed E-state index contributed by atoms with van der Waals surface area (Å²) in [7, 11) is 0. The summed E-state index contributed by atoms with van der Waals surface area (Å²) in [5.41, 5.74) is -0.486. The second-order valence-electron chi connectivity index (χ2n) is 4.53. The number of nitriles is 1. The van der Waals surface area contributed by atoms with Crippen LogP contribution in [-0.4, -0.2) is 5.78 Å². The van der Waals surface area contributed by atoms with Gasteiger partial charge in [-0.3, -0.25) is 4.79 Å². The molecule has 0 amide bonds. The first-order valence-corrected chi connectivity index (χ1v) is 6.09. The molecule has 0 bridgehead atoms. The smallest absolute Gasteiger partial charge is 0.187 e. The summed E-state index contributed by atoms with van der Waals surface area (Å²) in [6.45, 7) is 1.37. The normalized spacial score (nSPS) is 11.8. The standard InChI is InChI=1S/C16H10F3NO/c1-9-6-11(15(19)7-14(9)18)16(21)12(8-20)10-4-2-3-5-13(10)17/h2-7,12H,1H3. The number of carbonyl (C=O) groups excluding carboxylic acids is 1. The zero-order valence-corrected chi connectivity index (χ0v) is 11.0. The predicted octanol–water partition coefficient (Wildman–Crippen LogP) is 3.90. The maximum atomic E-state index is 13.7. The SMILES string of the molecule is Cc1cc(C(=O)C(C#N)c2ccccc2F)c(F)cc1F. The Hall–Kier alpha value is -2.61. The van der Waals surface area contributed by atoms with Crippen LogP contribution in [0, 0.1) is 35.7 Å². The van der Waals surface area contributed by atoms with Crippen molar-refractivity contribution in [2.45, 2.75) is 12.8 Å². The van der Waals surface area contributed by atoms with Crippen molar-refractivity contribution in [3.8, 4) is 6.07 Å². The number of hydrogen-bond acceptors (Lipinski definition) is 2. The molecule has 21 heavy (non-hydrogen) atoms. The van der Waals surface area contributed by atoms with E-state index in [1.807, 2.05) is 0 Å². The fourth-order valence-corrected chi connectivity index (χ4v) is 1.98. The zero-order chi connectivity index (χ0) is 15.6. The third-order valence-electron chi connectivity index (χ3n) is 3.12. The van der Waals surface area contributed by atoms with Gasteiger partial charge in [0.15, 0.2) is 5.78 Å². The third kappa shape index (κ3) is 2.79. The highest BCUT2D eigenvalue weighted by atomic mass is 19.1. The molecular weight excluding hydrogens is 279 g/mol. The summed E-state index contributed by atoms with van der Waals surface area (Å²) in [5.74, 6) is -4.96. The lowest BCUT2D eigenvalue weighted by Gasteiger charge is -2.11. The minimum absolute atomic E-state index is 0.0740. The van der Waals surface area contributed by atoms with Gasteiger partial charge >= 0.3 is 0 Å². The number of hydrogen-bond donors (Lipinski definition) is 0. The topological polar surface area (TPSA) is 40.9 Å². The molecule has 0 aliphatic carbocycles. The predicted molar refractivity (Wildman–Crippen MR) is 70.2 cm³/mol. The van der Waals surface area contributed by atoms with Crippen LogP contribution in [0.2, 0.25) is 0 Å². The van der Waals surface area contributed by atoms with Crippen LogP contribution in [0.4, 0.5) is 13.2 Å². The number of halogens is 3. The van der Waals surface area contributed by atoms with E-state index in [4.69, 9.17) is 5.26 Å². The molecule has 1 atom stereocenters. The van der Waals surface area contributed by atoms with Crippen LogP contribution in [-0.2, 0) is 0 Å². The fraction of sp³-hybridized carbons (Fsp3) is 0.125. The van der Waals surface area contributed by atoms with Gasteiger partial charge in [-0.2, -0.15) is 5.26 Å². The molecule has 2 aromatic carbocycles. The van der Waals surface area contributed by atoms with E-state index in [-0.39, 0.29) is 11.1 Å². The van der Waals surface area contributed by atoms with Crippen LogP contribution in [0.1, 0.15) is 27.4 Å². The van der Waals surface area contributed by atoms with Crippen molar-refractivity contribution in [1.29, 1.82) is 5.26 Å². The Morgan fingerprint density at radius 2 is 1.76 bits per heavy atom. The molecule has 1 unspecified atom stereocenters. The number of carbonyl (C=O) groups is 1. The molecule has 0 aliphatic rings. The Morgan fingerprint density at radius 1 is 1.10 bits per heavy atom. The second-order valence-corrected chi connectivity index (χ2v) is 4.53. The lowest BCUT2D eigenvalue weighted by molar-refractivity contribution is 0.0973. The van der Waals surface area contributed by atoms with E-state index in [0.29, 0.717) is 6.07 Å². The molecule has 2 nitrogen and oxygen atoms in total. The molecule has 0 radical (unpaired) electrons. The molecule has 0 spiro atoms. The van der Waals surface area contributed by atoms with E-state index < -0.39 is 34.7 Å². The molecular formula is C16H10F3NO. The highest BCUT2D eigenvalue weighted by Gasteiger charge is 2.27. The van der Waals surface area contributed by atoms with Crippen LogP contribution in [0.15, 0.2) is 36.4 Å². The summed E-state index contributed by atoms with van der Waals surface area (Å²) >= 11 is 0. The van der Waals surface area contributed by atoms with E-state index in [0.717, 1.165) is 12.1 Å². The van der Waals surface area contributed by atoms with E-state index in [1.165, 1.54) is 25.1 Å². The van der Waals surface area contributed by atoms with Gasteiger partial charge in [0.25, 0.3) is 0 Å². The van der Waals surface area contributed by atoms with Gasteiger partial charge in [0.05, 0.1) is 11.6 Å². The Labute approximate surface area is 119 Å². The molecule has 2 aromatic rings. The third-order valence-corrected chi connectivity index (χ3v) is 3.12. The molecule has 0 heterocycles. The van der Waals surface area contributed by atoms with Crippen molar-refractivity contribution in [1.82, 2.24) is 0 Å². The Balaban J connectivity index is 2.50. The maximum absolute atomic E-state index is 13.7. The average molecular weight is 289 g/mol. The van der Waals surface area contributed by atoms with Gasteiger partial charge in [0, 0.05) is 11.6 Å². The van der Waals surface area contributed by atoms with Crippen molar-refractivity contribution in [3.63, 3.8) is 0 Å². The first-order valence-electron chi connectivity index (χ1n) is 6.09. The molecule has 0 aliphatic heterocycles. The summed E-state index contributed by atoms with van der Waals surface area (Å²) in [6.07, 6.45) is 0. The molecule has 0 aromatic heterocycles. The largest absolute Gasteiger partial charge is 0.292 e. The zero-order valence-electron chi connectivity index (χ0n) is 11.0. The first kappa shape index (κ1) is 14.8. The van der Waals surface area contributed by atoms with Crippen LogP contribution in [0.3, 0.4) is 0 Å². The van der Waals surface area contributed by atoms with Crippen LogP contribution < -0.4 is 0 Å². The number of rotatable bonds is 3. The first-order chi connectivity index (χ1) is 9.95. The summed E-state index contributed by atoms with van der Waals surface area (Å²) in [5, 5.41) is 9.12. The van der Waals surface area contributed by atoms with Gasteiger partial charge in [-0.05, 0) is 24.6 Å². The molecule has 106 valence electrons. The average Bonchev–Trinajstić information content (AvgIpc) is 2.45. The van der Waals surface area contributed by atoms with Gasteiger partial charge < -0.3 is 0 Å². The number of Topliss-reactive ketones (excluding diaryl/α,β-unsaturated/α-hetero) is 1. The maximum Gasteiger partial charge on any atom is 0.187 e. The van der Waals surface area contributed by atoms with Crippen molar-refractivity contribution in [3.05, 3.63) is 70.5 Å². The minimum atomic E-state index is -1.48. The Bertz CT molecular complexity index is 750.